The van der Waals surface area contributed by atoms with Gasteiger partial charge in [0.25, 0.3) is 15.9 Å². The summed E-state index contributed by atoms with van der Waals surface area (Å²) >= 11 is 7.96. The van der Waals surface area contributed by atoms with E-state index in [4.69, 9.17) is 11.6 Å². The molecule has 38 heavy (non-hydrogen) atoms. The van der Waals surface area contributed by atoms with Crippen LogP contribution < -0.4 is 4.90 Å². The molecule has 5 rings (SSSR count). The Morgan fingerprint density at radius 3 is 2.34 bits per heavy atom. The molecule has 3 aliphatic rings. The van der Waals surface area contributed by atoms with Crippen molar-refractivity contribution in [2.75, 3.05) is 37.6 Å². The highest BCUT2D eigenvalue weighted by atomic mass is 127. The van der Waals surface area contributed by atoms with Crippen molar-refractivity contribution in [2.24, 2.45) is 0 Å². The van der Waals surface area contributed by atoms with Crippen molar-refractivity contribution >= 4 is 62.0 Å². The van der Waals surface area contributed by atoms with Crippen LogP contribution in [-0.4, -0.2) is 81.8 Å². The van der Waals surface area contributed by atoms with Gasteiger partial charge in [-0.1, -0.05) is 23.7 Å². The first-order valence-electron chi connectivity index (χ1n) is 11.7. The fourth-order valence-corrected chi connectivity index (χ4v) is 8.14. The molecule has 1 aromatic carbocycles. The summed E-state index contributed by atoms with van der Waals surface area (Å²) in [6, 6.07) is 6.87. The summed E-state index contributed by atoms with van der Waals surface area (Å²) in [6.45, 7) is -0.0497. The first-order chi connectivity index (χ1) is 17.9. The van der Waals surface area contributed by atoms with Gasteiger partial charge < -0.3 is 9.80 Å². The van der Waals surface area contributed by atoms with Gasteiger partial charge in [0, 0.05) is 38.4 Å². The molecule has 2 aliphatic heterocycles. The molecule has 1 atom stereocenters. The second-order valence-corrected chi connectivity index (χ2v) is 13.3. The molecule has 3 heterocycles. The maximum Gasteiger partial charge on any atom is 0.419 e. The van der Waals surface area contributed by atoms with Crippen LogP contribution in [0.4, 0.5) is 23.8 Å². The second-order valence-electron chi connectivity index (χ2n) is 9.24. The zero-order valence-electron chi connectivity index (χ0n) is 19.7. The van der Waals surface area contributed by atoms with Gasteiger partial charge in [0.2, 0.25) is 0 Å². The summed E-state index contributed by atoms with van der Waals surface area (Å²) in [4.78, 5) is 35.2. The van der Waals surface area contributed by atoms with Crippen molar-refractivity contribution in [3.8, 4) is 0 Å². The lowest BCUT2D eigenvalue weighted by Crippen LogP contribution is -2.59. The van der Waals surface area contributed by atoms with Crippen LogP contribution in [0.5, 0.6) is 0 Å². The monoisotopic (exact) mass is 683 g/mol. The predicted molar refractivity (Wildman–Crippen MR) is 140 cm³/mol. The van der Waals surface area contributed by atoms with Gasteiger partial charge in [0.1, 0.15) is 10.7 Å². The molecule has 1 unspecified atom stereocenters. The van der Waals surface area contributed by atoms with Gasteiger partial charge in [-0.15, -0.1) is 0 Å². The largest absolute Gasteiger partial charge is 0.419 e. The molecule has 9 nitrogen and oxygen atoms in total. The number of alkyl halides is 4. The number of benzene rings is 1. The molecular weight excluding hydrogens is 662 g/mol. The van der Waals surface area contributed by atoms with E-state index in [1.807, 2.05) is 22.6 Å². The number of aromatic nitrogens is 1. The fourth-order valence-electron chi connectivity index (χ4n) is 4.75. The number of halogens is 5. The number of carbonyl (C=O) groups is 2. The quantitative estimate of drug-likeness (QED) is 0.271. The third-order valence-electron chi connectivity index (χ3n) is 6.76. The number of hydrogen-bond donors (Lipinski definition) is 0. The Hall–Kier alpha value is -2.33. The average molecular weight is 684 g/mol. The molecule has 1 aliphatic carbocycles. The first kappa shape index (κ1) is 27.2. The van der Waals surface area contributed by atoms with Crippen molar-refractivity contribution in [3.05, 3.63) is 53.2 Å². The van der Waals surface area contributed by atoms with E-state index in [0.29, 0.717) is 17.1 Å². The van der Waals surface area contributed by atoms with E-state index >= 15 is 0 Å². The highest BCUT2D eigenvalue weighted by Gasteiger charge is 2.61. The predicted octanol–water partition coefficient (Wildman–Crippen LogP) is 3.82. The summed E-state index contributed by atoms with van der Waals surface area (Å²) < 4.78 is 66.4. The molecule has 0 spiro atoms. The molecule has 204 valence electrons. The molecule has 0 N–H and O–H groups in total. The number of nitrogens with zero attached hydrogens (tertiary/aromatic N) is 5. The molecule has 1 saturated carbocycles. The minimum absolute atomic E-state index is 0.0422. The average Bonchev–Trinajstić information content (AvgIpc) is 3.67. The molecule has 2 saturated heterocycles. The number of rotatable bonds is 5. The van der Waals surface area contributed by atoms with Gasteiger partial charge in [-0.25, -0.2) is 22.5 Å². The summed E-state index contributed by atoms with van der Waals surface area (Å²) in [5.41, 5.74) is -0.855. The number of anilines is 1. The Labute approximate surface area is 235 Å². The molecule has 0 radical (unpaired) electrons. The van der Waals surface area contributed by atoms with Crippen LogP contribution in [0.1, 0.15) is 18.4 Å². The normalized spacial score (nSPS) is 22.8. The van der Waals surface area contributed by atoms with E-state index in [-0.39, 0.29) is 48.0 Å². The summed E-state index contributed by atoms with van der Waals surface area (Å²) in [5, 5.41) is -0.0422. The number of piperazine rings is 1. The van der Waals surface area contributed by atoms with E-state index in [0.717, 1.165) is 6.07 Å². The Kier molecular flexibility index (Phi) is 6.95. The van der Waals surface area contributed by atoms with Crippen LogP contribution in [-0.2, 0) is 21.0 Å². The number of urea groups is 1. The standard InChI is InChI=1S/C23H22ClF3IN5O4S/c24-17-5-1-2-6-18(17)38(36,37)32-14-22(28,33(21(32)35)15-7-8-15)20(34)31-12-10-30(11-13-31)19-16(23(25,26)27)4-3-9-29-19/h1-6,9,15H,7-8,10-14H2. The van der Waals surface area contributed by atoms with Crippen molar-refractivity contribution in [3.63, 3.8) is 0 Å². The Morgan fingerprint density at radius 2 is 1.74 bits per heavy atom. The number of amides is 3. The second kappa shape index (κ2) is 9.70. The van der Waals surface area contributed by atoms with Gasteiger partial charge in [0.15, 0.2) is 3.55 Å². The lowest BCUT2D eigenvalue weighted by atomic mass is 10.2. The van der Waals surface area contributed by atoms with Crippen molar-refractivity contribution < 1.29 is 31.2 Å². The SMILES string of the molecule is O=C1N(C2CC2)C(I)(C(=O)N2CCN(c3ncccc3C(F)(F)F)CC2)CN1S(=O)(=O)c1ccccc1Cl. The van der Waals surface area contributed by atoms with Gasteiger partial charge in [-0.3, -0.25) is 9.69 Å². The number of sulfonamides is 1. The van der Waals surface area contributed by atoms with Gasteiger partial charge in [-0.2, -0.15) is 13.2 Å². The van der Waals surface area contributed by atoms with Crippen LogP contribution in [0.15, 0.2) is 47.5 Å². The molecule has 1 aromatic heterocycles. The highest BCUT2D eigenvalue weighted by molar-refractivity contribution is 14.1. The van der Waals surface area contributed by atoms with Crippen LogP contribution in [0.3, 0.4) is 0 Å². The van der Waals surface area contributed by atoms with Gasteiger partial charge in [0.05, 0.1) is 17.1 Å². The minimum atomic E-state index is -4.58. The molecular formula is C23H22ClF3IN5O4S. The molecule has 15 heteroatoms. The van der Waals surface area contributed by atoms with Crippen LogP contribution >= 0.6 is 34.2 Å². The lowest BCUT2D eigenvalue weighted by Gasteiger charge is -2.40. The van der Waals surface area contributed by atoms with Crippen molar-refractivity contribution in [2.45, 2.75) is 33.5 Å². The molecule has 0 bridgehead atoms. The number of carbonyl (C=O) groups excluding carboxylic acids is 2. The minimum Gasteiger partial charge on any atom is -0.353 e. The van der Waals surface area contributed by atoms with Crippen molar-refractivity contribution in [1.29, 1.82) is 0 Å². The molecule has 3 fully saturated rings. The summed E-state index contributed by atoms with van der Waals surface area (Å²) in [5.74, 6) is -0.670. The Balaban J connectivity index is 1.38. The molecule has 2 aromatic rings. The zero-order valence-corrected chi connectivity index (χ0v) is 23.5. The summed E-state index contributed by atoms with van der Waals surface area (Å²) in [7, 11) is -4.34. The van der Waals surface area contributed by atoms with E-state index < -0.39 is 43.8 Å². The maximum atomic E-state index is 13.8. The third kappa shape index (κ3) is 4.68. The van der Waals surface area contributed by atoms with Crippen LogP contribution in [0, 0.1) is 0 Å². The fraction of sp³-hybridized carbons (Fsp3) is 0.435. The van der Waals surface area contributed by atoms with Gasteiger partial charge in [-0.05, 0) is 59.7 Å². The zero-order chi connectivity index (χ0) is 27.5. The highest BCUT2D eigenvalue weighted by Crippen LogP contribution is 2.45. The van der Waals surface area contributed by atoms with E-state index in [2.05, 4.69) is 4.98 Å². The Bertz CT molecular complexity index is 1390. The van der Waals surface area contributed by atoms with Crippen molar-refractivity contribution in [1.82, 2.24) is 19.1 Å². The van der Waals surface area contributed by atoms with Crippen LogP contribution in [0.2, 0.25) is 5.02 Å². The summed E-state index contributed by atoms with van der Waals surface area (Å²) in [6.07, 6.45) is -2.02. The third-order valence-corrected chi connectivity index (χ3v) is 10.3. The topological polar surface area (TPSA) is 94.1 Å². The first-order valence-corrected chi connectivity index (χ1v) is 14.6. The lowest BCUT2D eigenvalue weighted by molar-refractivity contribution is -0.138. The van der Waals surface area contributed by atoms with Crippen LogP contribution in [0.25, 0.3) is 0 Å². The van der Waals surface area contributed by atoms with Gasteiger partial charge >= 0.3 is 12.2 Å². The van der Waals surface area contributed by atoms with E-state index in [1.54, 1.807) is 6.07 Å². The van der Waals surface area contributed by atoms with E-state index in [9.17, 15) is 31.2 Å². The Morgan fingerprint density at radius 1 is 1.08 bits per heavy atom. The maximum absolute atomic E-state index is 13.8. The number of hydrogen-bond acceptors (Lipinski definition) is 6. The smallest absolute Gasteiger partial charge is 0.353 e. The molecule has 3 amide bonds. The van der Waals surface area contributed by atoms with E-state index in [1.165, 1.54) is 45.2 Å². The number of pyridine rings is 1.